The fourth-order valence-electron chi connectivity index (χ4n) is 6.56. The van der Waals surface area contributed by atoms with E-state index >= 15 is 0 Å². The van der Waals surface area contributed by atoms with Gasteiger partial charge in [0.25, 0.3) is 11.8 Å². The predicted octanol–water partition coefficient (Wildman–Crippen LogP) is 7.52. The maximum absolute atomic E-state index is 12.5. The van der Waals surface area contributed by atoms with Gasteiger partial charge in [0, 0.05) is 97.6 Å². The molecule has 6 rings (SSSR count). The van der Waals surface area contributed by atoms with Gasteiger partial charge in [-0.25, -0.2) is 19.4 Å². The number of piperidine rings is 2. The number of halogens is 2. The first-order chi connectivity index (χ1) is 32.6. The van der Waals surface area contributed by atoms with E-state index in [1.54, 1.807) is 17.4 Å². The molecule has 0 atom stereocenters. The number of nitrogens with one attached hydrogen (secondary N) is 1. The molecule has 0 aliphatic carbocycles. The average molecular weight is 1120 g/mol. The summed E-state index contributed by atoms with van der Waals surface area (Å²) >= 11 is 10.8. The van der Waals surface area contributed by atoms with E-state index < -0.39 is 17.9 Å². The van der Waals surface area contributed by atoms with Crippen LogP contribution >= 0.6 is 54.5 Å². The quantitative estimate of drug-likeness (QED) is 0.0688. The minimum atomic E-state index is -0.639. The van der Waals surface area contributed by atoms with Crippen molar-refractivity contribution in [3.05, 3.63) is 127 Å². The second-order valence-electron chi connectivity index (χ2n) is 15.0. The van der Waals surface area contributed by atoms with Gasteiger partial charge in [-0.05, 0) is 136 Å². The van der Waals surface area contributed by atoms with Crippen molar-refractivity contribution < 1.29 is 72.8 Å². The Labute approximate surface area is 456 Å². The van der Waals surface area contributed by atoms with Crippen LogP contribution in [0.4, 0.5) is 0 Å². The normalized spacial score (nSPS) is 12.7. The van der Waals surface area contributed by atoms with Gasteiger partial charge in [-0.2, -0.15) is 22.7 Å². The van der Waals surface area contributed by atoms with Gasteiger partial charge < -0.3 is 27.8 Å². The molecule has 1 N–H and O–H groups in total. The van der Waals surface area contributed by atoms with Crippen molar-refractivity contribution in [1.29, 1.82) is 0 Å². The van der Waals surface area contributed by atoms with Crippen LogP contribution in [0.5, 0.6) is 0 Å². The Morgan fingerprint density at radius 1 is 0.638 bits per heavy atom. The van der Waals surface area contributed by atoms with Gasteiger partial charge >= 0.3 is 41.5 Å². The van der Waals surface area contributed by atoms with E-state index in [1.165, 1.54) is 43.9 Å². The molecular weight excluding hydrogens is 1060 g/mol. The summed E-state index contributed by atoms with van der Waals surface area (Å²) < 4.78 is 5.99. The first-order valence-corrected chi connectivity index (χ1v) is 25.8. The monoisotopic (exact) mass is 1120 g/mol. The Hall–Kier alpha value is -3.72. The van der Waals surface area contributed by atoms with Crippen LogP contribution in [-0.2, 0) is 35.4 Å². The fourth-order valence-corrected chi connectivity index (χ4v) is 9.15. The van der Waals surface area contributed by atoms with Crippen LogP contribution in [0, 0.1) is 0 Å². The third kappa shape index (κ3) is 24.3. The minimum absolute atomic E-state index is 0. The van der Waals surface area contributed by atoms with Crippen LogP contribution < -0.4 is 34.9 Å². The van der Waals surface area contributed by atoms with Crippen molar-refractivity contribution in [2.45, 2.75) is 80.7 Å². The molecule has 2 aromatic carbocycles. The Bertz CT molecular complexity index is 2190. The topological polar surface area (TPSA) is 152 Å². The van der Waals surface area contributed by atoms with Crippen LogP contribution in [0.2, 0.25) is 0 Å². The summed E-state index contributed by atoms with van der Waals surface area (Å²) in [4.78, 5) is 77.6. The van der Waals surface area contributed by atoms with Crippen molar-refractivity contribution in [3.8, 4) is 0 Å². The van der Waals surface area contributed by atoms with Crippen molar-refractivity contribution in [3.63, 3.8) is 0 Å². The summed E-state index contributed by atoms with van der Waals surface area (Å²) in [6.07, 6.45) is 5.19. The molecule has 4 heterocycles. The first-order valence-electron chi connectivity index (χ1n) is 22.3. The number of thiophene rings is 2. The van der Waals surface area contributed by atoms with Gasteiger partial charge in [0.2, 0.25) is 5.97 Å². The number of amides is 2. The molecule has 2 fully saturated rings. The van der Waals surface area contributed by atoms with E-state index in [-0.39, 0.29) is 41.4 Å². The largest absolute Gasteiger partial charge is 1.00 e. The number of benzene rings is 2. The number of hydrogen-bond acceptors (Lipinski definition) is 13. The van der Waals surface area contributed by atoms with Gasteiger partial charge in [-0.3, -0.25) is 24.1 Å². The molecule has 19 heteroatoms. The van der Waals surface area contributed by atoms with Gasteiger partial charge in [0.15, 0.2) is 6.29 Å². The number of likely N-dealkylation sites (tertiary alicyclic amines) is 1. The molecule has 367 valence electrons. The molecule has 2 amide bonds. The second kappa shape index (κ2) is 36.2. The van der Waals surface area contributed by atoms with Crippen LogP contribution in [0.15, 0.2) is 93.3 Å². The number of carbonyl (C=O) groups excluding carboxylic acids is 6. The molecular formula is C50H63BBr2N4NaO9S2. The number of carbonyl (C=O) groups is 6. The molecule has 2 aromatic heterocycles. The van der Waals surface area contributed by atoms with Crippen molar-refractivity contribution >= 4 is 108 Å². The SMILES string of the molecule is CC(=O)OOC(C)=O.CCN(CC)C(=O)c1ccc(C(Br)=C2CCN(Cc3ccsc3)CC2)cc1.CCN(CC)C(=O)c1ccc(C(Br)=C2CCNCC2)cc1.O=Cc1ccsc1.[B-]OC(C)=O.[Na+]. The number of rotatable bonds is 11. The smallest absolute Gasteiger partial charge is 0.793 e. The Morgan fingerprint density at radius 2 is 1.03 bits per heavy atom. The molecule has 0 saturated carbocycles. The molecule has 2 saturated heterocycles. The van der Waals surface area contributed by atoms with Crippen molar-refractivity contribution in [1.82, 2.24) is 20.0 Å². The van der Waals surface area contributed by atoms with E-state index in [0.717, 1.165) is 133 Å². The fraction of sp³-hybridized carbons (Fsp3) is 0.400. The van der Waals surface area contributed by atoms with Crippen molar-refractivity contribution in [2.75, 3.05) is 52.4 Å². The summed E-state index contributed by atoms with van der Waals surface area (Å²) in [5.74, 6) is -1.53. The van der Waals surface area contributed by atoms with E-state index in [1.807, 2.05) is 84.7 Å². The predicted molar refractivity (Wildman–Crippen MR) is 281 cm³/mol. The third-order valence-electron chi connectivity index (χ3n) is 10.3. The number of hydrogen-bond donors (Lipinski definition) is 1. The molecule has 13 nitrogen and oxygen atoms in total. The second-order valence-corrected chi connectivity index (χ2v) is 18.2. The van der Waals surface area contributed by atoms with E-state index in [0.29, 0.717) is 0 Å². The maximum atomic E-state index is 12.5. The number of aldehydes is 1. The summed E-state index contributed by atoms with van der Waals surface area (Å²) in [6, 6.07) is 20.0. The molecule has 0 unspecified atom stereocenters. The van der Waals surface area contributed by atoms with Crippen LogP contribution in [0.3, 0.4) is 0 Å². The zero-order valence-corrected chi connectivity index (χ0v) is 47.8. The Kier molecular flexibility index (Phi) is 33.2. The standard InChI is InChI=1S/C22H27BrN2OS.C17H23BrN2O.C5H4OS.C4H6O4.C2H3BO2.Na/c1-3-25(4-2)22(26)20-7-5-18(6-8-20)21(23)19-9-12-24(13-10-19)15-17-11-14-27-16-17;1-3-20(4-2)17(21)15-7-5-13(6-8-15)16(18)14-9-11-19-12-10-14;6-3-5-1-2-7-4-5;1-3(5)7-8-4(2)6;1-2(4)5-3;/h5-8,11,14,16H,3-4,9-10,12-13,15H2,1-2H3;5-8,19H,3-4,9-12H2,1-2H3;1-4H;1-2H3;1H3;/q;;;;-1;+1. The van der Waals surface area contributed by atoms with Crippen molar-refractivity contribution in [2.24, 2.45) is 0 Å². The molecule has 0 bridgehead atoms. The average Bonchev–Trinajstić information content (AvgIpc) is 4.11. The van der Waals surface area contributed by atoms with Gasteiger partial charge in [0.05, 0.1) is 0 Å². The van der Waals surface area contributed by atoms with Gasteiger partial charge in [-0.1, -0.05) is 67.3 Å². The Balaban J connectivity index is 0.000000496. The van der Waals surface area contributed by atoms with Gasteiger partial charge in [0.1, 0.15) is 0 Å². The zero-order valence-electron chi connectivity index (χ0n) is 41.0. The molecule has 2 aliphatic heterocycles. The van der Waals surface area contributed by atoms with E-state index in [4.69, 9.17) is 0 Å². The Morgan fingerprint density at radius 3 is 1.35 bits per heavy atom. The summed E-state index contributed by atoms with van der Waals surface area (Å²) in [7, 11) is 4.32. The molecule has 3 radical (unpaired) electrons. The van der Waals surface area contributed by atoms with Crippen LogP contribution in [-0.4, -0.2) is 111 Å². The zero-order chi connectivity index (χ0) is 50.4. The number of nitrogens with zero attached hydrogens (tertiary/aromatic N) is 3. The summed E-state index contributed by atoms with van der Waals surface area (Å²) in [5.41, 5.74) is 8.95. The third-order valence-corrected chi connectivity index (χ3v) is 13.7. The first kappa shape index (κ1) is 63.3. The van der Waals surface area contributed by atoms with E-state index in [2.05, 4.69) is 93.5 Å². The summed E-state index contributed by atoms with van der Waals surface area (Å²) in [5, 5.41) is 11.4. The molecule has 69 heavy (non-hydrogen) atoms. The van der Waals surface area contributed by atoms with Crippen LogP contribution in [0.1, 0.15) is 122 Å². The van der Waals surface area contributed by atoms with E-state index in [9.17, 15) is 28.8 Å². The van der Waals surface area contributed by atoms with Gasteiger partial charge in [-0.15, -0.1) is 0 Å². The molecule has 0 spiro atoms. The van der Waals surface area contributed by atoms with Crippen LogP contribution in [0.25, 0.3) is 8.96 Å². The molecule has 2 aliphatic rings. The maximum Gasteiger partial charge on any atom is 1.00 e. The molecule has 4 aromatic rings. The minimum Gasteiger partial charge on any atom is -0.793 e. The summed E-state index contributed by atoms with van der Waals surface area (Å²) in [6.45, 7) is 19.9.